The molecule has 2 aliphatic rings. The molecule has 10 nitrogen and oxygen atoms in total. The molecular weight excluding hydrogens is 459 g/mol. The molecule has 2 N–H and O–H groups in total. The molecule has 3 aromatic rings. The van der Waals surface area contributed by atoms with Gasteiger partial charge in [0.05, 0.1) is 17.9 Å². The summed E-state index contributed by atoms with van der Waals surface area (Å²) in [5.41, 5.74) is 2.10. The standard InChI is InChI=1S/C25H31FN10/c1-24(2)11-16(12-25(3,4)35(24)6)30-22-20(27-5)13-28-23(32-22)31-19-10-21(36-14-29-33-34-36)17(9-18(19)26)15-7-8-15/h9-10,13-16H,7-8,11-12H2,1-4,6H3,(H2,28,30,31,32). The Morgan fingerprint density at radius 3 is 2.47 bits per heavy atom. The largest absolute Gasteiger partial charge is 0.376 e. The lowest BCUT2D eigenvalue weighted by atomic mass is 9.77. The van der Waals surface area contributed by atoms with Gasteiger partial charge >= 0.3 is 0 Å². The molecule has 0 spiro atoms. The van der Waals surface area contributed by atoms with Crippen LogP contribution in [0, 0.1) is 12.4 Å². The molecule has 0 bridgehead atoms. The number of anilines is 3. The van der Waals surface area contributed by atoms with E-state index < -0.39 is 5.82 Å². The van der Waals surface area contributed by atoms with Crippen molar-refractivity contribution in [2.75, 3.05) is 17.7 Å². The van der Waals surface area contributed by atoms with Gasteiger partial charge in [-0.15, -0.1) is 5.10 Å². The molecule has 36 heavy (non-hydrogen) atoms. The second kappa shape index (κ2) is 8.78. The predicted molar refractivity (Wildman–Crippen MR) is 135 cm³/mol. The fourth-order valence-electron chi connectivity index (χ4n) is 5.28. The molecule has 1 aliphatic carbocycles. The van der Waals surface area contributed by atoms with Crippen LogP contribution in [0.4, 0.5) is 27.5 Å². The first-order valence-corrected chi connectivity index (χ1v) is 12.2. The van der Waals surface area contributed by atoms with Gasteiger partial charge < -0.3 is 10.6 Å². The van der Waals surface area contributed by atoms with Crippen molar-refractivity contribution in [2.24, 2.45) is 0 Å². The lowest BCUT2D eigenvalue weighted by molar-refractivity contribution is -0.00771. The van der Waals surface area contributed by atoms with Crippen LogP contribution >= 0.6 is 0 Å². The van der Waals surface area contributed by atoms with E-state index in [1.54, 1.807) is 6.07 Å². The quantitative estimate of drug-likeness (QED) is 0.474. The Kier molecular flexibility index (Phi) is 5.87. The first-order chi connectivity index (χ1) is 17.1. The summed E-state index contributed by atoms with van der Waals surface area (Å²) in [6.45, 7) is 16.5. The van der Waals surface area contributed by atoms with Gasteiger partial charge in [0.15, 0.2) is 0 Å². The van der Waals surface area contributed by atoms with Gasteiger partial charge in [-0.05, 0) is 94.5 Å². The summed E-state index contributed by atoms with van der Waals surface area (Å²) in [6, 6.07) is 3.34. The highest BCUT2D eigenvalue weighted by Crippen LogP contribution is 2.44. The van der Waals surface area contributed by atoms with Crippen LogP contribution in [0.1, 0.15) is 64.9 Å². The first kappa shape index (κ1) is 24.1. The normalized spacial score (nSPS) is 19.6. The minimum atomic E-state index is -0.403. The molecule has 2 aromatic heterocycles. The van der Waals surface area contributed by atoms with Gasteiger partial charge in [0.2, 0.25) is 11.6 Å². The molecule has 1 saturated carbocycles. The lowest BCUT2D eigenvalue weighted by Gasteiger charge is -2.53. The second-order valence-electron chi connectivity index (χ2n) is 11.0. The fraction of sp³-hybridized carbons (Fsp3) is 0.520. The van der Waals surface area contributed by atoms with Crippen molar-refractivity contribution in [3.05, 3.63) is 47.5 Å². The van der Waals surface area contributed by atoms with Gasteiger partial charge in [-0.25, -0.2) is 23.9 Å². The number of hydrogen-bond acceptors (Lipinski definition) is 8. The van der Waals surface area contributed by atoms with Crippen molar-refractivity contribution in [3.63, 3.8) is 0 Å². The van der Waals surface area contributed by atoms with Crippen LogP contribution in [0.25, 0.3) is 10.5 Å². The molecule has 2 fully saturated rings. The van der Waals surface area contributed by atoms with Crippen LogP contribution in [0.5, 0.6) is 0 Å². The van der Waals surface area contributed by atoms with Crippen molar-refractivity contribution in [2.45, 2.75) is 76.4 Å². The average molecular weight is 491 g/mol. The highest BCUT2D eigenvalue weighted by molar-refractivity contribution is 5.68. The Hall–Kier alpha value is -3.65. The maximum absolute atomic E-state index is 15.1. The van der Waals surface area contributed by atoms with E-state index in [1.165, 1.54) is 23.3 Å². The van der Waals surface area contributed by atoms with E-state index in [9.17, 15) is 0 Å². The van der Waals surface area contributed by atoms with Crippen molar-refractivity contribution in [3.8, 4) is 5.69 Å². The smallest absolute Gasteiger partial charge is 0.246 e. The maximum atomic E-state index is 15.1. The third-order valence-corrected chi connectivity index (χ3v) is 7.51. The van der Waals surface area contributed by atoms with Crippen molar-refractivity contribution < 1.29 is 4.39 Å². The SMILES string of the molecule is [C-]#[N+]c1cnc(Nc2cc(-n3cnnn3)c(C3CC3)cc2F)nc1NC1CC(C)(C)N(C)C(C)(C)C1. The lowest BCUT2D eigenvalue weighted by Crippen LogP contribution is -2.61. The average Bonchev–Trinajstić information content (AvgIpc) is 3.52. The summed E-state index contributed by atoms with van der Waals surface area (Å²) in [5.74, 6) is 0.553. The number of nitrogens with one attached hydrogen (secondary N) is 2. The van der Waals surface area contributed by atoms with Gasteiger partial charge in [0.25, 0.3) is 0 Å². The van der Waals surface area contributed by atoms with Gasteiger partial charge in [0.1, 0.15) is 18.0 Å². The van der Waals surface area contributed by atoms with E-state index in [4.69, 9.17) is 6.57 Å². The monoisotopic (exact) mass is 490 g/mol. The summed E-state index contributed by atoms with van der Waals surface area (Å²) in [4.78, 5) is 14.8. The molecule has 3 heterocycles. The first-order valence-electron chi connectivity index (χ1n) is 12.2. The summed E-state index contributed by atoms with van der Waals surface area (Å²) in [5, 5.41) is 17.9. The van der Waals surface area contributed by atoms with Crippen LogP contribution < -0.4 is 10.6 Å². The number of benzene rings is 1. The van der Waals surface area contributed by atoms with E-state index in [0.29, 0.717) is 17.4 Å². The number of tetrazole rings is 1. The number of piperidine rings is 1. The zero-order chi connectivity index (χ0) is 25.7. The van der Waals surface area contributed by atoms with Crippen LogP contribution in [0.15, 0.2) is 24.7 Å². The Morgan fingerprint density at radius 2 is 1.86 bits per heavy atom. The summed E-state index contributed by atoms with van der Waals surface area (Å²) in [7, 11) is 2.15. The number of rotatable bonds is 6. The highest BCUT2D eigenvalue weighted by atomic mass is 19.1. The molecule has 0 radical (unpaired) electrons. The Labute approximate surface area is 210 Å². The minimum Gasteiger partial charge on any atom is -0.376 e. The molecule has 0 unspecified atom stereocenters. The van der Waals surface area contributed by atoms with Crippen LogP contribution in [-0.2, 0) is 0 Å². The molecule has 1 aliphatic heterocycles. The van der Waals surface area contributed by atoms with E-state index in [2.05, 4.69) is 80.6 Å². The van der Waals surface area contributed by atoms with Crippen LogP contribution in [-0.4, -0.2) is 59.2 Å². The molecule has 0 atom stereocenters. The van der Waals surface area contributed by atoms with Crippen molar-refractivity contribution >= 4 is 23.1 Å². The molecule has 1 aromatic carbocycles. The number of likely N-dealkylation sites (tertiary alicyclic amines) is 1. The van der Waals surface area contributed by atoms with Crippen molar-refractivity contribution in [1.29, 1.82) is 0 Å². The number of nitrogens with zero attached hydrogens (tertiary/aromatic N) is 8. The molecule has 0 amide bonds. The Bertz CT molecular complexity index is 1290. The third-order valence-electron chi connectivity index (χ3n) is 7.51. The highest BCUT2D eigenvalue weighted by Gasteiger charge is 2.43. The van der Waals surface area contributed by atoms with Gasteiger partial charge in [-0.2, -0.15) is 0 Å². The van der Waals surface area contributed by atoms with Crippen LogP contribution in [0.2, 0.25) is 0 Å². The van der Waals surface area contributed by atoms with Crippen molar-refractivity contribution in [1.82, 2.24) is 35.1 Å². The Morgan fingerprint density at radius 1 is 1.14 bits per heavy atom. The third kappa shape index (κ3) is 4.60. The summed E-state index contributed by atoms with van der Waals surface area (Å²) >= 11 is 0. The number of hydrogen-bond donors (Lipinski definition) is 2. The van der Waals surface area contributed by atoms with Gasteiger partial charge in [-0.3, -0.25) is 4.90 Å². The topological polar surface area (TPSA) is 101 Å². The second-order valence-corrected chi connectivity index (χ2v) is 11.0. The molecule has 188 valence electrons. The zero-order valence-corrected chi connectivity index (χ0v) is 21.2. The van der Waals surface area contributed by atoms with Gasteiger partial charge in [0, 0.05) is 23.3 Å². The van der Waals surface area contributed by atoms with Gasteiger partial charge in [-0.1, -0.05) is 0 Å². The predicted octanol–water partition coefficient (Wildman–Crippen LogP) is 4.83. The zero-order valence-electron chi connectivity index (χ0n) is 21.2. The van der Waals surface area contributed by atoms with E-state index in [-0.39, 0.29) is 28.8 Å². The maximum Gasteiger partial charge on any atom is 0.246 e. The number of halogens is 1. The summed E-state index contributed by atoms with van der Waals surface area (Å²) < 4.78 is 16.7. The number of aromatic nitrogens is 6. The summed E-state index contributed by atoms with van der Waals surface area (Å²) in [6.07, 6.45) is 6.78. The fourth-order valence-corrected chi connectivity index (χ4v) is 5.28. The molecule has 11 heteroatoms. The molecule has 5 rings (SSSR count). The minimum absolute atomic E-state index is 0.0230. The Balaban J connectivity index is 1.43. The van der Waals surface area contributed by atoms with E-state index >= 15 is 4.39 Å². The molecule has 1 saturated heterocycles. The van der Waals surface area contributed by atoms with E-state index in [0.717, 1.165) is 36.9 Å². The van der Waals surface area contributed by atoms with Crippen LogP contribution in [0.3, 0.4) is 0 Å². The molecular formula is C25H31FN10. The van der Waals surface area contributed by atoms with E-state index in [1.807, 2.05) is 0 Å².